The first-order valence-corrected chi connectivity index (χ1v) is 13.0. The van der Waals surface area contributed by atoms with Gasteiger partial charge >= 0.3 is 0 Å². The Balaban J connectivity index is 1.69. The quantitative estimate of drug-likeness (QED) is 0.143. The van der Waals surface area contributed by atoms with Gasteiger partial charge in [0.1, 0.15) is 0 Å². The number of benzene rings is 9. The molecule has 0 aliphatic heterocycles. The lowest BCUT2D eigenvalue weighted by Gasteiger charge is -2.19. The van der Waals surface area contributed by atoms with E-state index in [1.807, 2.05) is 0 Å². The van der Waals surface area contributed by atoms with Gasteiger partial charge in [0.2, 0.25) is 0 Å². The van der Waals surface area contributed by atoms with E-state index in [4.69, 9.17) is 24.7 Å². The number of hydrogen-bond donors (Lipinski definition) is 0. The standard InChI is InChI=1S/C44H28/c1-2-10-29(11-3-1)33-22-25-41-42(28-33)44(35-21-18-30-12-4-5-14-32(30)26-35)40-17-9-8-16-39(40)43(41)36-23-24-38-34(27-36)20-19-31-13-6-7-15-37(31)38/h1-28H/i1D,2D,3D,4D,5D,6D,7D,8D,9D,10D,11D,12D,13D,14D,15D,16D,17D,18D,19D,20D,21D,22D,23D,24D,25D,26D,27D,28D. The molecule has 0 saturated carbocycles. The molecule has 0 heterocycles. The van der Waals surface area contributed by atoms with E-state index in [2.05, 4.69) is 0 Å². The minimum absolute atomic E-state index is 0.528. The van der Waals surface area contributed by atoms with E-state index in [0.717, 1.165) is 0 Å². The van der Waals surface area contributed by atoms with E-state index in [-0.39, 0.29) is 0 Å². The molecule has 0 aliphatic rings. The molecule has 0 N–H and O–H groups in total. The number of hydrogen-bond acceptors (Lipinski definition) is 0. The van der Waals surface area contributed by atoms with Gasteiger partial charge in [-0.1, -0.05) is 151 Å². The lowest BCUT2D eigenvalue weighted by atomic mass is 9.84. The molecule has 0 radical (unpaired) electrons. The topological polar surface area (TPSA) is 0 Å². The second-order valence-corrected chi connectivity index (χ2v) is 9.50. The maximum Gasteiger partial charge on any atom is 0.0636 e. The molecule has 9 aromatic rings. The highest BCUT2D eigenvalue weighted by molar-refractivity contribution is 6.23. The highest BCUT2D eigenvalue weighted by Crippen LogP contribution is 2.46. The fourth-order valence-corrected chi connectivity index (χ4v) is 5.16. The number of fused-ring (bicyclic) bond motifs is 6. The fraction of sp³-hybridized carbons (Fsp3) is 0. The number of rotatable bonds is 3. The minimum Gasteiger partial charge on any atom is -0.0622 e. The molecule has 9 rings (SSSR count). The van der Waals surface area contributed by atoms with Crippen molar-refractivity contribution >= 4 is 53.9 Å². The molecule has 9 aromatic carbocycles. The largest absolute Gasteiger partial charge is 0.0636 e. The molecular formula is C44H28. The third kappa shape index (κ3) is 3.92. The molecule has 0 spiro atoms. The Kier molecular flexibility index (Phi) is 2.18. The highest BCUT2D eigenvalue weighted by Gasteiger charge is 2.18. The Morgan fingerprint density at radius 3 is 1.52 bits per heavy atom. The summed E-state index contributed by atoms with van der Waals surface area (Å²) in [7, 11) is 0. The summed E-state index contributed by atoms with van der Waals surface area (Å²) < 4.78 is 252. The summed E-state index contributed by atoms with van der Waals surface area (Å²) in [4.78, 5) is 0. The first-order valence-electron chi connectivity index (χ1n) is 27.0. The maximum atomic E-state index is 9.98. The molecule has 0 aliphatic carbocycles. The van der Waals surface area contributed by atoms with Gasteiger partial charge in [0.05, 0.1) is 38.4 Å². The molecule has 0 saturated heterocycles. The molecule has 0 atom stereocenters. The Morgan fingerprint density at radius 2 is 0.727 bits per heavy atom. The molecule has 0 nitrogen and oxygen atoms in total. The summed E-state index contributed by atoms with van der Waals surface area (Å²) in [5, 5.41) is -6.88. The van der Waals surface area contributed by atoms with Crippen molar-refractivity contribution in [2.45, 2.75) is 0 Å². The van der Waals surface area contributed by atoms with Crippen molar-refractivity contribution < 1.29 is 38.4 Å². The maximum absolute atomic E-state index is 9.98. The molecular weight excluding hydrogens is 528 g/mol. The van der Waals surface area contributed by atoms with Gasteiger partial charge in [0.25, 0.3) is 0 Å². The van der Waals surface area contributed by atoms with Crippen LogP contribution in [0, 0.1) is 0 Å². The van der Waals surface area contributed by atoms with E-state index in [1.54, 1.807) is 0 Å². The van der Waals surface area contributed by atoms with Crippen molar-refractivity contribution in [2.75, 3.05) is 0 Å². The van der Waals surface area contributed by atoms with Gasteiger partial charge in [0.15, 0.2) is 0 Å². The summed E-state index contributed by atoms with van der Waals surface area (Å²) in [6.07, 6.45) is 0. The summed E-state index contributed by atoms with van der Waals surface area (Å²) in [6.45, 7) is 0. The second-order valence-electron chi connectivity index (χ2n) is 9.50. The zero-order chi connectivity index (χ0) is 53.4. The Bertz CT molecular complexity index is 4090. The van der Waals surface area contributed by atoms with Crippen LogP contribution in [0.15, 0.2) is 169 Å². The molecule has 44 heavy (non-hydrogen) atoms. The van der Waals surface area contributed by atoms with Crippen LogP contribution in [0.25, 0.3) is 87.2 Å². The van der Waals surface area contributed by atoms with Gasteiger partial charge in [-0.2, -0.15) is 0 Å². The molecule has 204 valence electrons. The van der Waals surface area contributed by atoms with Crippen molar-refractivity contribution in [1.29, 1.82) is 0 Å². The van der Waals surface area contributed by atoms with Gasteiger partial charge in [0, 0.05) is 0 Å². The van der Waals surface area contributed by atoms with Crippen molar-refractivity contribution in [1.82, 2.24) is 0 Å². The molecule has 0 fully saturated rings. The third-order valence-corrected chi connectivity index (χ3v) is 7.06. The second kappa shape index (κ2) is 9.93. The van der Waals surface area contributed by atoms with Gasteiger partial charge in [-0.15, -0.1) is 0 Å². The smallest absolute Gasteiger partial charge is 0.0622 e. The molecule has 0 unspecified atom stereocenters. The summed E-state index contributed by atoms with van der Waals surface area (Å²) in [5.74, 6) is 0. The van der Waals surface area contributed by atoms with E-state index in [1.165, 1.54) is 0 Å². The van der Waals surface area contributed by atoms with Crippen LogP contribution in [0.1, 0.15) is 38.4 Å². The zero-order valence-corrected chi connectivity index (χ0v) is 22.0. The van der Waals surface area contributed by atoms with Crippen LogP contribution < -0.4 is 0 Å². The third-order valence-electron chi connectivity index (χ3n) is 7.06. The van der Waals surface area contributed by atoms with E-state index < -0.39 is 256 Å². The van der Waals surface area contributed by atoms with E-state index in [9.17, 15) is 13.7 Å². The van der Waals surface area contributed by atoms with Crippen molar-refractivity contribution in [2.24, 2.45) is 0 Å². The van der Waals surface area contributed by atoms with Crippen LogP contribution in [0.3, 0.4) is 0 Å². The van der Waals surface area contributed by atoms with E-state index in [0.29, 0.717) is 0 Å². The normalized spacial score (nSPS) is 20.5. The Labute approximate surface area is 295 Å². The van der Waals surface area contributed by atoms with Crippen molar-refractivity contribution in [3.05, 3.63) is 169 Å². The van der Waals surface area contributed by atoms with Crippen molar-refractivity contribution in [3.63, 3.8) is 0 Å². The highest BCUT2D eigenvalue weighted by atomic mass is 14.2. The van der Waals surface area contributed by atoms with Gasteiger partial charge < -0.3 is 0 Å². The molecule has 0 aromatic heterocycles. The summed E-state index contributed by atoms with van der Waals surface area (Å²) in [5.41, 5.74) is -5.03. The molecule has 0 amide bonds. The predicted octanol–water partition coefficient (Wildman–Crippen LogP) is 12.5. The zero-order valence-electron chi connectivity index (χ0n) is 50.0. The van der Waals surface area contributed by atoms with Gasteiger partial charge in [-0.05, 0) is 105 Å². The molecule has 0 bridgehead atoms. The summed E-state index contributed by atoms with van der Waals surface area (Å²) >= 11 is 0. The molecule has 0 heteroatoms. The Hall–Kier alpha value is -5.72. The van der Waals surface area contributed by atoms with Crippen LogP contribution in [0.2, 0.25) is 0 Å². The van der Waals surface area contributed by atoms with Crippen LogP contribution in [-0.4, -0.2) is 0 Å². The monoisotopic (exact) mass is 584 g/mol. The van der Waals surface area contributed by atoms with Crippen LogP contribution >= 0.6 is 0 Å². The minimum atomic E-state index is -1.11. The first-order chi connectivity index (χ1) is 33.5. The summed E-state index contributed by atoms with van der Waals surface area (Å²) in [6, 6.07) is -26.6. The van der Waals surface area contributed by atoms with Crippen LogP contribution in [-0.2, 0) is 0 Å². The predicted molar refractivity (Wildman–Crippen MR) is 190 cm³/mol. The van der Waals surface area contributed by atoms with Crippen LogP contribution in [0.4, 0.5) is 0 Å². The van der Waals surface area contributed by atoms with Crippen LogP contribution in [0.5, 0.6) is 0 Å². The Morgan fingerprint density at radius 1 is 0.250 bits per heavy atom. The average Bonchev–Trinajstić information content (AvgIpc) is 3.34. The van der Waals surface area contributed by atoms with Gasteiger partial charge in [-0.25, -0.2) is 0 Å². The lowest BCUT2D eigenvalue weighted by Crippen LogP contribution is -1.92. The van der Waals surface area contributed by atoms with Gasteiger partial charge in [-0.3, -0.25) is 0 Å². The lowest BCUT2D eigenvalue weighted by molar-refractivity contribution is 1.64. The first kappa shape index (κ1) is 9.64. The fourth-order valence-electron chi connectivity index (χ4n) is 5.16. The average molecular weight is 585 g/mol. The SMILES string of the molecule is [2H]c1c([2H])c([2H])c(-c2c([2H])c([2H])c3c(-c4c([2H])c([2H])c5c(c4[2H])c([2H])c([2H])c4c([2H])c([2H])c([2H])c([2H])c45)c4c([2H])c([2H])c([2H])c([2H])c4c(-c4c([2H])c([2H])c5c([2H])c([2H])c([2H])c([2H])c5c4[2H])c3c2[2H])c([2H])c1[2H]. The van der Waals surface area contributed by atoms with Crippen molar-refractivity contribution in [3.8, 4) is 33.4 Å². The van der Waals surface area contributed by atoms with E-state index >= 15 is 0 Å².